The summed E-state index contributed by atoms with van der Waals surface area (Å²) in [5, 5.41) is 6.10. The molecule has 1 fully saturated rings. The number of rotatable bonds is 1. The van der Waals surface area contributed by atoms with E-state index in [9.17, 15) is 4.79 Å². The first-order valence-electron chi connectivity index (χ1n) is 5.22. The lowest BCUT2D eigenvalue weighted by Gasteiger charge is -2.15. The zero-order valence-electron chi connectivity index (χ0n) is 8.42. The van der Waals surface area contributed by atoms with Crippen LogP contribution in [0.5, 0.6) is 0 Å². The lowest BCUT2D eigenvalue weighted by molar-refractivity contribution is 0.252. The van der Waals surface area contributed by atoms with Crippen LogP contribution in [0.2, 0.25) is 0 Å². The van der Waals surface area contributed by atoms with Gasteiger partial charge in [0.15, 0.2) is 0 Å². The van der Waals surface area contributed by atoms with Gasteiger partial charge in [-0.1, -0.05) is 6.07 Å². The average Bonchev–Trinajstić information content (AvgIpc) is 2.84. The number of urea groups is 1. The first-order valence-corrected chi connectivity index (χ1v) is 5.22. The monoisotopic (exact) mass is 203 g/mol. The summed E-state index contributed by atoms with van der Waals surface area (Å²) in [5.41, 5.74) is 3.66. The molecule has 78 valence electrons. The second kappa shape index (κ2) is 3.24. The van der Waals surface area contributed by atoms with E-state index in [4.69, 9.17) is 0 Å². The summed E-state index contributed by atoms with van der Waals surface area (Å²) >= 11 is 0. The van der Waals surface area contributed by atoms with E-state index in [-0.39, 0.29) is 6.03 Å². The molecule has 3 rings (SSSR count). The van der Waals surface area contributed by atoms with Gasteiger partial charge in [0.25, 0.3) is 0 Å². The molecular weight excluding hydrogens is 190 g/mol. The Bertz CT molecular complexity index is 416. The van der Waals surface area contributed by atoms with Gasteiger partial charge < -0.3 is 10.6 Å². The highest BCUT2D eigenvalue weighted by Crippen LogP contribution is 2.23. The summed E-state index contributed by atoms with van der Waals surface area (Å²) in [6.07, 6.45) is 0. The van der Waals surface area contributed by atoms with Crippen LogP contribution in [0.15, 0.2) is 18.2 Å². The third-order valence-electron chi connectivity index (χ3n) is 2.99. The molecule has 0 saturated carbocycles. The van der Waals surface area contributed by atoms with Gasteiger partial charge in [-0.2, -0.15) is 0 Å². The Morgan fingerprint density at radius 2 is 2.07 bits per heavy atom. The highest BCUT2D eigenvalue weighted by Gasteiger charge is 2.22. The highest BCUT2D eigenvalue weighted by atomic mass is 16.2. The number of carbonyl (C=O) groups excluding carboxylic acids is 1. The van der Waals surface area contributed by atoms with Gasteiger partial charge in [-0.15, -0.1) is 0 Å². The number of nitrogens with zero attached hydrogens (tertiary/aromatic N) is 1. The standard InChI is InChI=1S/C11H13N3O/c15-11-13-3-4-14(11)10-2-1-8-6-12-7-9(8)5-10/h1-2,5,12H,3-4,6-7H2,(H,13,15). The predicted molar refractivity (Wildman–Crippen MR) is 57.7 cm³/mol. The maximum Gasteiger partial charge on any atom is 0.321 e. The molecule has 2 amide bonds. The van der Waals surface area contributed by atoms with Gasteiger partial charge in [-0.25, -0.2) is 4.79 Å². The molecule has 15 heavy (non-hydrogen) atoms. The molecule has 0 atom stereocenters. The molecule has 2 aliphatic rings. The lowest BCUT2D eigenvalue weighted by Crippen LogP contribution is -2.27. The Balaban J connectivity index is 1.95. The molecule has 0 aromatic heterocycles. The molecule has 2 N–H and O–H groups in total. The Morgan fingerprint density at radius 3 is 2.87 bits per heavy atom. The van der Waals surface area contributed by atoms with E-state index >= 15 is 0 Å². The number of hydrogen-bond acceptors (Lipinski definition) is 2. The van der Waals surface area contributed by atoms with Crippen LogP contribution in [0.25, 0.3) is 0 Å². The molecule has 1 aromatic rings. The topological polar surface area (TPSA) is 44.4 Å². The summed E-state index contributed by atoms with van der Waals surface area (Å²) in [6, 6.07) is 6.26. The molecule has 1 aromatic carbocycles. The number of fused-ring (bicyclic) bond motifs is 1. The number of hydrogen-bond donors (Lipinski definition) is 2. The molecule has 4 nitrogen and oxygen atoms in total. The van der Waals surface area contributed by atoms with Crippen molar-refractivity contribution in [2.75, 3.05) is 18.0 Å². The summed E-state index contributed by atoms with van der Waals surface area (Å²) in [6.45, 7) is 3.37. The number of nitrogens with one attached hydrogen (secondary N) is 2. The summed E-state index contributed by atoms with van der Waals surface area (Å²) in [4.78, 5) is 13.3. The second-order valence-corrected chi connectivity index (χ2v) is 3.94. The highest BCUT2D eigenvalue weighted by molar-refractivity contribution is 5.94. The zero-order chi connectivity index (χ0) is 10.3. The molecule has 2 heterocycles. The Kier molecular flexibility index (Phi) is 1.89. The van der Waals surface area contributed by atoms with Gasteiger partial charge >= 0.3 is 6.03 Å². The minimum atomic E-state index is 0.0147. The van der Waals surface area contributed by atoms with Crippen molar-refractivity contribution in [2.45, 2.75) is 13.1 Å². The molecule has 0 spiro atoms. The minimum Gasteiger partial charge on any atom is -0.336 e. The lowest BCUT2D eigenvalue weighted by atomic mass is 10.1. The van der Waals surface area contributed by atoms with Crippen molar-refractivity contribution in [3.05, 3.63) is 29.3 Å². The van der Waals surface area contributed by atoms with E-state index in [1.165, 1.54) is 11.1 Å². The van der Waals surface area contributed by atoms with Gasteiger partial charge in [-0.3, -0.25) is 4.90 Å². The third-order valence-corrected chi connectivity index (χ3v) is 2.99. The van der Waals surface area contributed by atoms with Crippen LogP contribution in [0.4, 0.5) is 10.5 Å². The van der Waals surface area contributed by atoms with Crippen molar-refractivity contribution in [3.63, 3.8) is 0 Å². The SMILES string of the molecule is O=C1NCCN1c1ccc2c(c1)CNC2. The number of amides is 2. The molecule has 2 aliphatic heterocycles. The number of benzene rings is 1. The van der Waals surface area contributed by atoms with Crippen molar-refractivity contribution >= 4 is 11.7 Å². The van der Waals surface area contributed by atoms with Crippen LogP contribution >= 0.6 is 0 Å². The van der Waals surface area contributed by atoms with Crippen LogP contribution in [0.1, 0.15) is 11.1 Å². The van der Waals surface area contributed by atoms with Gasteiger partial charge in [-0.05, 0) is 23.3 Å². The predicted octanol–water partition coefficient (Wildman–Crippen LogP) is 0.819. The number of carbonyl (C=O) groups is 1. The van der Waals surface area contributed by atoms with Gasteiger partial charge in [0.1, 0.15) is 0 Å². The van der Waals surface area contributed by atoms with E-state index in [1.54, 1.807) is 4.90 Å². The van der Waals surface area contributed by atoms with Gasteiger partial charge in [0, 0.05) is 31.9 Å². The van der Waals surface area contributed by atoms with Crippen LogP contribution in [0.3, 0.4) is 0 Å². The van der Waals surface area contributed by atoms with E-state index in [0.29, 0.717) is 0 Å². The second-order valence-electron chi connectivity index (χ2n) is 3.94. The van der Waals surface area contributed by atoms with Crippen LogP contribution in [-0.2, 0) is 13.1 Å². The molecule has 0 unspecified atom stereocenters. The van der Waals surface area contributed by atoms with Gasteiger partial charge in [0.2, 0.25) is 0 Å². The average molecular weight is 203 g/mol. The third kappa shape index (κ3) is 1.37. The van der Waals surface area contributed by atoms with Crippen molar-refractivity contribution in [1.29, 1.82) is 0 Å². The first kappa shape index (κ1) is 8.73. The van der Waals surface area contributed by atoms with E-state index < -0.39 is 0 Å². The molecule has 0 radical (unpaired) electrons. The smallest absolute Gasteiger partial charge is 0.321 e. The molecule has 1 saturated heterocycles. The first-order chi connectivity index (χ1) is 7.34. The Morgan fingerprint density at radius 1 is 1.20 bits per heavy atom. The van der Waals surface area contributed by atoms with Crippen molar-refractivity contribution < 1.29 is 4.79 Å². The number of anilines is 1. The van der Waals surface area contributed by atoms with Crippen LogP contribution in [0, 0.1) is 0 Å². The summed E-state index contributed by atoms with van der Waals surface area (Å²) in [7, 11) is 0. The fourth-order valence-electron chi connectivity index (χ4n) is 2.17. The summed E-state index contributed by atoms with van der Waals surface area (Å²) < 4.78 is 0. The van der Waals surface area contributed by atoms with E-state index in [0.717, 1.165) is 31.9 Å². The fourth-order valence-corrected chi connectivity index (χ4v) is 2.17. The summed E-state index contributed by atoms with van der Waals surface area (Å²) in [5.74, 6) is 0. The van der Waals surface area contributed by atoms with Crippen LogP contribution in [-0.4, -0.2) is 19.1 Å². The van der Waals surface area contributed by atoms with Crippen LogP contribution < -0.4 is 15.5 Å². The quantitative estimate of drug-likeness (QED) is 0.709. The normalized spacial score (nSPS) is 19.2. The zero-order valence-corrected chi connectivity index (χ0v) is 8.42. The molecule has 0 aliphatic carbocycles. The minimum absolute atomic E-state index is 0.0147. The van der Waals surface area contributed by atoms with Crippen molar-refractivity contribution in [1.82, 2.24) is 10.6 Å². The molecular formula is C11H13N3O. The fraction of sp³-hybridized carbons (Fsp3) is 0.364. The Labute approximate surface area is 88.3 Å². The largest absolute Gasteiger partial charge is 0.336 e. The molecule has 4 heteroatoms. The maximum absolute atomic E-state index is 11.5. The Hall–Kier alpha value is -1.55. The van der Waals surface area contributed by atoms with Crippen molar-refractivity contribution in [2.24, 2.45) is 0 Å². The van der Waals surface area contributed by atoms with Crippen molar-refractivity contribution in [3.8, 4) is 0 Å². The van der Waals surface area contributed by atoms with E-state index in [1.807, 2.05) is 6.07 Å². The van der Waals surface area contributed by atoms with Gasteiger partial charge in [0.05, 0.1) is 0 Å². The maximum atomic E-state index is 11.5. The molecule has 0 bridgehead atoms. The van der Waals surface area contributed by atoms with E-state index in [2.05, 4.69) is 22.8 Å².